The minimum Gasteiger partial charge on any atom is -0.672 e. The van der Waals surface area contributed by atoms with Crippen LogP contribution in [-0.4, -0.2) is 9.97 Å². The van der Waals surface area contributed by atoms with E-state index in [2.05, 4.69) is 51.5 Å². The van der Waals surface area contributed by atoms with Crippen LogP contribution in [0.2, 0.25) is 0 Å². The SMILES string of the molecule is CC(C)(C)c1coc(C(C)(C)c2nc(C(C)(C)C)co2)n1.[Cl][Ru+2][Cl].[NH-][C@H](c1ccccc1)[C@H]([NH-])c1ccccc1. The number of hydrogen-bond acceptors (Lipinski definition) is 4. The van der Waals surface area contributed by atoms with Crippen LogP contribution in [0.4, 0.5) is 0 Å². The van der Waals surface area contributed by atoms with E-state index in [1.165, 1.54) is 0 Å². The van der Waals surface area contributed by atoms with Crippen molar-refractivity contribution in [1.82, 2.24) is 9.97 Å². The molecule has 0 aliphatic rings. The third kappa shape index (κ3) is 9.53. The monoisotopic (exact) mass is 672 g/mol. The molecule has 2 atom stereocenters. The second-order valence-corrected chi connectivity index (χ2v) is 14.7. The number of aromatic nitrogens is 2. The average molecular weight is 673 g/mol. The fourth-order valence-electron chi connectivity index (χ4n) is 3.61. The zero-order valence-electron chi connectivity index (χ0n) is 24.4. The van der Waals surface area contributed by atoms with Crippen LogP contribution in [0.1, 0.15) is 102 Å². The molecule has 4 rings (SSSR count). The van der Waals surface area contributed by atoms with Gasteiger partial charge in [-0.1, -0.05) is 113 Å². The molecular formula is C31H40Cl2N4O2Ru. The van der Waals surface area contributed by atoms with Gasteiger partial charge in [0.15, 0.2) is 0 Å². The van der Waals surface area contributed by atoms with Gasteiger partial charge in [-0.2, -0.15) is 0 Å². The van der Waals surface area contributed by atoms with Crippen molar-refractivity contribution in [3.63, 3.8) is 0 Å². The molecule has 2 heterocycles. The van der Waals surface area contributed by atoms with Crippen molar-refractivity contribution in [2.45, 2.75) is 83.7 Å². The zero-order valence-corrected chi connectivity index (χ0v) is 27.7. The standard InChI is InChI=1S/C17H26N2O2.C14H14N2.2ClH.Ru/c1-15(2,3)11-9-20-13(18-11)17(7,8)14-19-12(10-21-14)16(4,5)6;15-13(11-7-3-1-4-8-11)14(16)12-9-5-2-6-10-12;;;/h9-10H,1-8H3;1-10,13-16H;2*1H;/q;-2;;;+4/p-2/t;13-,14-;;;/m.1.../s1. The molecule has 2 aromatic carbocycles. The van der Waals surface area contributed by atoms with E-state index in [0.717, 1.165) is 22.5 Å². The normalized spacial score (nSPS) is 13.4. The van der Waals surface area contributed by atoms with Gasteiger partial charge in [-0.15, -0.1) is 12.1 Å². The number of nitrogens with one attached hydrogen (secondary N) is 2. The molecular weight excluding hydrogens is 632 g/mol. The van der Waals surface area contributed by atoms with Crippen LogP contribution in [0.3, 0.4) is 0 Å². The molecule has 0 aliphatic heterocycles. The van der Waals surface area contributed by atoms with Crippen molar-refractivity contribution in [3.05, 3.63) is 119 Å². The van der Waals surface area contributed by atoms with Crippen molar-refractivity contribution in [2.24, 2.45) is 0 Å². The molecule has 0 saturated carbocycles. The third-order valence-electron chi connectivity index (χ3n) is 6.27. The summed E-state index contributed by atoms with van der Waals surface area (Å²) < 4.78 is 11.4. The number of nitrogens with zero attached hydrogens (tertiary/aromatic N) is 2. The van der Waals surface area contributed by atoms with E-state index in [1.54, 1.807) is 12.5 Å². The Balaban J connectivity index is 0.000000262. The molecule has 4 aromatic rings. The summed E-state index contributed by atoms with van der Waals surface area (Å²) in [5, 5.41) is 0. The minimum atomic E-state index is -0.524. The maximum atomic E-state index is 8.07. The van der Waals surface area contributed by atoms with E-state index < -0.39 is 17.5 Å². The van der Waals surface area contributed by atoms with Crippen molar-refractivity contribution in [3.8, 4) is 0 Å². The minimum absolute atomic E-state index is 0.0367. The Morgan fingerprint density at radius 3 is 1.18 bits per heavy atom. The number of rotatable bonds is 5. The number of benzene rings is 2. The van der Waals surface area contributed by atoms with Gasteiger partial charge >= 0.3 is 34.5 Å². The topological polar surface area (TPSA) is 99.7 Å². The molecule has 0 amide bonds. The second-order valence-electron chi connectivity index (χ2n) is 12.0. The molecule has 40 heavy (non-hydrogen) atoms. The average Bonchev–Trinajstić information content (AvgIpc) is 3.61. The molecule has 0 radical (unpaired) electrons. The number of halogens is 2. The molecule has 0 unspecified atom stereocenters. The molecule has 0 aliphatic carbocycles. The molecule has 2 N–H and O–H groups in total. The fourth-order valence-corrected chi connectivity index (χ4v) is 3.61. The van der Waals surface area contributed by atoms with Crippen LogP contribution in [-0.2, 0) is 31.4 Å². The quantitative estimate of drug-likeness (QED) is 0.197. The summed E-state index contributed by atoms with van der Waals surface area (Å²) >= 11 is -0.346. The molecule has 0 saturated heterocycles. The van der Waals surface area contributed by atoms with Crippen molar-refractivity contribution in [1.29, 1.82) is 0 Å². The Labute approximate surface area is 254 Å². The van der Waals surface area contributed by atoms with Crippen LogP contribution < -0.4 is 0 Å². The molecule has 218 valence electrons. The Hall–Kier alpha value is -2.02. The van der Waals surface area contributed by atoms with E-state index in [9.17, 15) is 0 Å². The van der Waals surface area contributed by atoms with Gasteiger partial charge in [0.2, 0.25) is 11.8 Å². The summed E-state index contributed by atoms with van der Waals surface area (Å²) in [6.45, 7) is 16.7. The van der Waals surface area contributed by atoms with Gasteiger partial charge in [0.05, 0.1) is 11.4 Å². The van der Waals surface area contributed by atoms with Crippen molar-refractivity contribution >= 4 is 19.4 Å². The fraction of sp³-hybridized carbons (Fsp3) is 0.419. The Kier molecular flexibility index (Phi) is 12.6. The summed E-state index contributed by atoms with van der Waals surface area (Å²) in [5.74, 6) is 1.27. The largest absolute Gasteiger partial charge is 0.672 e. The van der Waals surface area contributed by atoms with Crippen molar-refractivity contribution in [2.75, 3.05) is 0 Å². The third-order valence-corrected chi connectivity index (χ3v) is 6.27. The van der Waals surface area contributed by atoms with Gasteiger partial charge in [0.1, 0.15) is 17.9 Å². The summed E-state index contributed by atoms with van der Waals surface area (Å²) in [5.41, 5.74) is 19.2. The molecule has 2 aromatic heterocycles. The maximum Gasteiger partial charge on any atom is -0.0606 e. The van der Waals surface area contributed by atoms with E-state index in [0.29, 0.717) is 11.8 Å². The molecule has 6 nitrogen and oxygen atoms in total. The van der Waals surface area contributed by atoms with Crippen LogP contribution in [0.15, 0.2) is 82.0 Å². The van der Waals surface area contributed by atoms with Gasteiger partial charge in [-0.25, -0.2) is 9.97 Å². The van der Waals surface area contributed by atoms with E-state index in [4.69, 9.17) is 39.7 Å². The van der Waals surface area contributed by atoms with Gasteiger partial charge in [-0.3, -0.25) is 0 Å². The molecule has 0 spiro atoms. The van der Waals surface area contributed by atoms with E-state index in [-0.39, 0.29) is 26.0 Å². The first-order valence-corrected chi connectivity index (χ1v) is 17.4. The van der Waals surface area contributed by atoms with E-state index >= 15 is 0 Å². The predicted octanol–water partition coefficient (Wildman–Crippen LogP) is 10.5. The molecule has 9 heteroatoms. The smallest absolute Gasteiger partial charge is 0.0606 e. The number of oxazole rings is 2. The summed E-state index contributed by atoms with van der Waals surface area (Å²) in [6, 6.07) is 18.1. The second kappa shape index (κ2) is 14.7. The first kappa shape index (κ1) is 34.2. The van der Waals surface area contributed by atoms with Gasteiger partial charge in [-0.05, 0) is 13.8 Å². The van der Waals surface area contributed by atoms with Crippen molar-refractivity contribution < 1.29 is 24.0 Å². The molecule has 0 fully saturated rings. The van der Waals surface area contributed by atoms with E-state index in [1.807, 2.05) is 74.5 Å². The summed E-state index contributed by atoms with van der Waals surface area (Å²) in [6.07, 6.45) is 3.45. The van der Waals surface area contributed by atoms with Gasteiger partial charge < -0.3 is 20.3 Å². The van der Waals surface area contributed by atoms with Crippen LogP contribution in [0.25, 0.3) is 11.5 Å². The summed E-state index contributed by atoms with van der Waals surface area (Å²) in [4.78, 5) is 9.27. The zero-order chi connectivity index (χ0) is 30.1. The Morgan fingerprint density at radius 1 is 0.625 bits per heavy atom. The van der Waals surface area contributed by atoms with Gasteiger partial charge in [0.25, 0.3) is 0 Å². The summed E-state index contributed by atoms with van der Waals surface area (Å²) in [7, 11) is 9.71. The first-order valence-electron chi connectivity index (χ1n) is 12.9. The Bertz CT molecular complexity index is 1180. The van der Waals surface area contributed by atoms with Crippen LogP contribution >= 0.6 is 19.4 Å². The predicted molar refractivity (Wildman–Crippen MR) is 161 cm³/mol. The van der Waals surface area contributed by atoms with Crippen LogP contribution in [0.5, 0.6) is 0 Å². The molecule has 0 bridgehead atoms. The van der Waals surface area contributed by atoms with Gasteiger partial charge in [0, 0.05) is 10.8 Å². The Morgan fingerprint density at radius 2 is 0.925 bits per heavy atom. The number of hydrogen-bond donors (Lipinski definition) is 0. The maximum absolute atomic E-state index is 8.07. The van der Waals surface area contributed by atoms with Crippen LogP contribution in [0, 0.1) is 0 Å². The first-order chi connectivity index (χ1) is 18.6.